The maximum absolute atomic E-state index is 12.3. The average molecular weight is 786 g/mol. The molecule has 1 atom stereocenters. The molecule has 0 aromatic heterocycles. The molecular formula is C41H75N3O11. The van der Waals surface area contributed by atoms with E-state index < -0.39 is 12.0 Å². The fourth-order valence-corrected chi connectivity index (χ4v) is 5.77. The third-order valence-electron chi connectivity index (χ3n) is 8.90. The van der Waals surface area contributed by atoms with Gasteiger partial charge in [-0.15, -0.1) is 0 Å². The SMILES string of the molecule is CC(=O)CCCCCCCCCCCCCCCCCCCCC(=O)N[C@@H](CCC(=O)NCCOCCOCC(=O)NCCOCCOCC(C)=O)C(=O)O. The van der Waals surface area contributed by atoms with Crippen molar-refractivity contribution in [3.8, 4) is 0 Å². The van der Waals surface area contributed by atoms with Crippen molar-refractivity contribution in [2.45, 2.75) is 161 Å². The number of Topliss-reactive ketones (excluding diaryl/α,β-unsaturated/α-hetero) is 2. The first-order chi connectivity index (χ1) is 26.6. The fraction of sp³-hybridized carbons (Fsp3) is 0.854. The maximum atomic E-state index is 12.3. The Kier molecular flexibility index (Phi) is 37.2. The van der Waals surface area contributed by atoms with Crippen molar-refractivity contribution in [1.82, 2.24) is 16.0 Å². The molecule has 0 radical (unpaired) electrons. The van der Waals surface area contributed by atoms with Gasteiger partial charge in [-0.2, -0.15) is 0 Å². The first kappa shape index (κ1) is 52.1. The molecule has 0 aliphatic heterocycles. The molecule has 0 spiro atoms. The summed E-state index contributed by atoms with van der Waals surface area (Å²) in [6, 6.07) is -1.12. The molecule has 0 bridgehead atoms. The predicted molar refractivity (Wildman–Crippen MR) is 212 cm³/mol. The third-order valence-corrected chi connectivity index (χ3v) is 8.90. The van der Waals surface area contributed by atoms with Crippen LogP contribution in [0.25, 0.3) is 0 Å². The Labute approximate surface area is 330 Å². The molecule has 320 valence electrons. The van der Waals surface area contributed by atoms with Crippen LogP contribution in [0.5, 0.6) is 0 Å². The van der Waals surface area contributed by atoms with Crippen LogP contribution in [0, 0.1) is 0 Å². The Morgan fingerprint density at radius 1 is 0.436 bits per heavy atom. The molecular weight excluding hydrogens is 710 g/mol. The Balaban J connectivity index is 3.62. The van der Waals surface area contributed by atoms with Crippen LogP contribution in [0.2, 0.25) is 0 Å². The van der Waals surface area contributed by atoms with Crippen LogP contribution in [0.1, 0.15) is 155 Å². The quantitative estimate of drug-likeness (QED) is 0.0562. The van der Waals surface area contributed by atoms with E-state index in [0.717, 1.165) is 32.1 Å². The molecule has 55 heavy (non-hydrogen) atoms. The van der Waals surface area contributed by atoms with Gasteiger partial charge < -0.3 is 44.8 Å². The van der Waals surface area contributed by atoms with E-state index in [1.54, 1.807) is 6.92 Å². The van der Waals surface area contributed by atoms with Gasteiger partial charge in [-0.1, -0.05) is 103 Å². The standard InChI is InChI=1S/C41H75N3O11/c1-35(45)21-19-17-15-13-11-9-7-5-3-4-6-8-10-12-14-16-18-20-22-39(48)44-37(41(50)51)23-24-38(47)42-25-27-52-30-32-55-34-40(49)43-26-28-53-29-31-54-33-36(2)46/h37H,3-34H2,1-2H3,(H,42,47)(H,43,49)(H,44,48)(H,50,51)/t37-/m0/s1. The van der Waals surface area contributed by atoms with E-state index >= 15 is 0 Å². The highest BCUT2D eigenvalue weighted by Crippen LogP contribution is 2.15. The lowest BCUT2D eigenvalue weighted by molar-refractivity contribution is -0.142. The molecule has 0 rings (SSSR count). The highest BCUT2D eigenvalue weighted by atomic mass is 16.5. The normalized spacial score (nSPS) is 11.6. The van der Waals surface area contributed by atoms with Crippen molar-refractivity contribution in [3.05, 3.63) is 0 Å². The number of ketones is 2. The van der Waals surface area contributed by atoms with E-state index in [1.807, 2.05) is 0 Å². The Morgan fingerprint density at radius 2 is 0.836 bits per heavy atom. The minimum Gasteiger partial charge on any atom is -0.480 e. The van der Waals surface area contributed by atoms with Crippen LogP contribution < -0.4 is 16.0 Å². The summed E-state index contributed by atoms with van der Waals surface area (Å²) in [6.07, 6.45) is 22.7. The van der Waals surface area contributed by atoms with E-state index in [4.69, 9.17) is 18.9 Å². The highest BCUT2D eigenvalue weighted by molar-refractivity contribution is 5.84. The molecule has 0 aromatic rings. The van der Waals surface area contributed by atoms with Gasteiger partial charge in [0.25, 0.3) is 0 Å². The second-order valence-corrected chi connectivity index (χ2v) is 14.3. The molecule has 4 N–H and O–H groups in total. The lowest BCUT2D eigenvalue weighted by atomic mass is 10.0. The minimum absolute atomic E-state index is 0.00385. The number of rotatable bonds is 42. The van der Waals surface area contributed by atoms with Crippen molar-refractivity contribution >= 4 is 35.3 Å². The molecule has 0 saturated heterocycles. The molecule has 3 amide bonds. The largest absolute Gasteiger partial charge is 0.480 e. The molecule has 0 heterocycles. The topological polar surface area (TPSA) is 196 Å². The molecule has 0 unspecified atom stereocenters. The molecule has 0 aromatic carbocycles. The number of nitrogens with one attached hydrogen (secondary N) is 3. The van der Waals surface area contributed by atoms with Crippen LogP contribution >= 0.6 is 0 Å². The summed E-state index contributed by atoms with van der Waals surface area (Å²) in [5, 5.41) is 17.4. The van der Waals surface area contributed by atoms with Crippen molar-refractivity contribution in [2.24, 2.45) is 0 Å². The summed E-state index contributed by atoms with van der Waals surface area (Å²) in [6.45, 7) is 5.20. The second kappa shape index (κ2) is 39.3. The van der Waals surface area contributed by atoms with Crippen LogP contribution in [-0.4, -0.2) is 112 Å². The van der Waals surface area contributed by atoms with Gasteiger partial charge in [0.15, 0.2) is 5.78 Å². The van der Waals surface area contributed by atoms with Crippen molar-refractivity contribution in [2.75, 3.05) is 65.9 Å². The van der Waals surface area contributed by atoms with Crippen molar-refractivity contribution in [1.29, 1.82) is 0 Å². The van der Waals surface area contributed by atoms with Crippen molar-refractivity contribution < 1.29 is 52.8 Å². The van der Waals surface area contributed by atoms with E-state index in [9.17, 15) is 33.9 Å². The average Bonchev–Trinajstić information content (AvgIpc) is 3.14. The van der Waals surface area contributed by atoms with Crippen molar-refractivity contribution in [3.63, 3.8) is 0 Å². The summed E-state index contributed by atoms with van der Waals surface area (Å²) in [4.78, 5) is 69.6. The number of hydrogen-bond donors (Lipinski definition) is 4. The molecule has 0 saturated carbocycles. The van der Waals surface area contributed by atoms with Gasteiger partial charge in [-0.05, 0) is 33.1 Å². The van der Waals surface area contributed by atoms with Crippen LogP contribution in [0.4, 0.5) is 0 Å². The molecule has 0 aliphatic rings. The number of hydrogen-bond acceptors (Lipinski definition) is 10. The minimum atomic E-state index is -1.16. The predicted octanol–water partition coefficient (Wildman–Crippen LogP) is 5.61. The molecule has 14 nitrogen and oxygen atoms in total. The summed E-state index contributed by atoms with van der Waals surface area (Å²) in [5.74, 6) is -1.84. The Hall–Kier alpha value is -2.94. The van der Waals surface area contributed by atoms with Gasteiger partial charge in [0.1, 0.15) is 25.0 Å². The lowest BCUT2D eigenvalue weighted by Gasteiger charge is -2.14. The van der Waals surface area contributed by atoms with Gasteiger partial charge in [-0.25, -0.2) is 4.79 Å². The number of unbranched alkanes of at least 4 members (excludes halogenated alkanes) is 17. The molecule has 0 fully saturated rings. The number of amides is 3. The summed E-state index contributed by atoms with van der Waals surface area (Å²) in [7, 11) is 0. The van der Waals surface area contributed by atoms with Crippen LogP contribution in [-0.2, 0) is 47.7 Å². The zero-order valence-corrected chi connectivity index (χ0v) is 34.2. The summed E-state index contributed by atoms with van der Waals surface area (Å²) in [5.41, 5.74) is 0. The van der Waals surface area contributed by atoms with E-state index in [1.165, 1.54) is 90.4 Å². The van der Waals surface area contributed by atoms with Gasteiger partial charge in [0.2, 0.25) is 17.7 Å². The number of carboxylic acids is 1. The fourth-order valence-electron chi connectivity index (χ4n) is 5.77. The van der Waals surface area contributed by atoms with Gasteiger partial charge in [0.05, 0.1) is 39.6 Å². The monoisotopic (exact) mass is 786 g/mol. The zero-order valence-electron chi connectivity index (χ0n) is 34.2. The van der Waals surface area contributed by atoms with Gasteiger partial charge in [0, 0.05) is 32.4 Å². The zero-order chi connectivity index (χ0) is 40.6. The molecule has 14 heteroatoms. The smallest absolute Gasteiger partial charge is 0.326 e. The Bertz CT molecular complexity index is 1010. The van der Waals surface area contributed by atoms with Gasteiger partial charge in [-0.3, -0.25) is 19.2 Å². The van der Waals surface area contributed by atoms with E-state index in [-0.39, 0.29) is 82.3 Å². The number of aliphatic carboxylic acids is 1. The third kappa shape index (κ3) is 40.5. The lowest BCUT2D eigenvalue weighted by Crippen LogP contribution is -2.41. The Morgan fingerprint density at radius 3 is 1.27 bits per heavy atom. The maximum Gasteiger partial charge on any atom is 0.326 e. The first-order valence-corrected chi connectivity index (χ1v) is 21.0. The number of ether oxygens (including phenoxy) is 4. The summed E-state index contributed by atoms with van der Waals surface area (Å²) < 4.78 is 21.0. The first-order valence-electron chi connectivity index (χ1n) is 21.0. The van der Waals surface area contributed by atoms with E-state index in [2.05, 4.69) is 16.0 Å². The van der Waals surface area contributed by atoms with Crippen LogP contribution in [0.3, 0.4) is 0 Å². The second-order valence-electron chi connectivity index (χ2n) is 14.3. The number of carboxylic acid groups (broad SMARTS) is 1. The van der Waals surface area contributed by atoms with Crippen LogP contribution in [0.15, 0.2) is 0 Å². The molecule has 0 aliphatic carbocycles. The summed E-state index contributed by atoms with van der Waals surface area (Å²) >= 11 is 0. The van der Waals surface area contributed by atoms with E-state index in [0.29, 0.717) is 38.6 Å². The highest BCUT2D eigenvalue weighted by Gasteiger charge is 2.20. The number of carbonyl (C=O) groups excluding carboxylic acids is 5. The number of carbonyl (C=O) groups is 6. The van der Waals surface area contributed by atoms with Gasteiger partial charge >= 0.3 is 5.97 Å².